The fourth-order valence-electron chi connectivity index (χ4n) is 14.3. The first-order valence-corrected chi connectivity index (χ1v) is 31.8. The quantitative estimate of drug-likeness (QED) is 0.142. The molecule has 6 nitrogen and oxygen atoms in total. The van der Waals surface area contributed by atoms with Crippen molar-refractivity contribution in [2.45, 2.75) is 90.8 Å². The molecule has 93 heavy (non-hydrogen) atoms. The predicted molar refractivity (Wildman–Crippen MR) is 379 cm³/mol. The molecule has 4 heterocycles. The summed E-state index contributed by atoms with van der Waals surface area (Å²) in [6.45, 7) is 20.1. The first-order valence-electron chi connectivity index (χ1n) is 33.3. The molecule has 0 saturated carbocycles. The van der Waals surface area contributed by atoms with Crippen LogP contribution < -0.4 is 19.3 Å². The molecule has 13 aromatic rings. The van der Waals surface area contributed by atoms with Crippen molar-refractivity contribution >= 4 is 44.6 Å². The molecule has 0 atom stereocenters. The van der Waals surface area contributed by atoms with Gasteiger partial charge in [-0.1, -0.05) is 232 Å². The third kappa shape index (κ3) is 9.82. The van der Waals surface area contributed by atoms with Crippen molar-refractivity contribution in [3.05, 3.63) is 306 Å². The number of pyridine rings is 1. The van der Waals surface area contributed by atoms with Gasteiger partial charge in [0.1, 0.15) is 17.3 Å². The van der Waals surface area contributed by atoms with Crippen LogP contribution in [0.4, 0.5) is 22.7 Å². The van der Waals surface area contributed by atoms with Gasteiger partial charge in [0.15, 0.2) is 0 Å². The number of anilines is 4. The summed E-state index contributed by atoms with van der Waals surface area (Å²) >= 11 is 0. The van der Waals surface area contributed by atoms with Crippen LogP contribution in [0.3, 0.4) is 0 Å². The molecule has 0 radical (unpaired) electrons. The second-order valence-electron chi connectivity index (χ2n) is 27.9. The monoisotopic (exact) mass is 1390 g/mol. The first-order chi connectivity index (χ1) is 45.6. The van der Waals surface area contributed by atoms with Gasteiger partial charge >= 0.3 is 0 Å². The maximum atomic E-state index is 8.83. The van der Waals surface area contributed by atoms with E-state index in [1.165, 1.54) is 33.4 Å². The predicted octanol–water partition coefficient (Wildman–Crippen LogP) is 22.6. The number of nitrogens with zero attached hydrogens (tertiary/aromatic N) is 4. The molecule has 460 valence electrons. The van der Waals surface area contributed by atoms with Gasteiger partial charge in [0.2, 0.25) is 0 Å². The smallest absolute Gasteiger partial charge is 0.135 e. The summed E-state index contributed by atoms with van der Waals surface area (Å²) in [6, 6.07) is 90.9. The van der Waals surface area contributed by atoms with Crippen molar-refractivity contribution in [1.82, 2.24) is 9.55 Å². The Labute approximate surface area is 565 Å². The topological polar surface area (TPSA) is 42.8 Å². The maximum Gasteiger partial charge on any atom is 0.135 e. The fraction of sp³-hybridized carbons (Fsp3) is 0.163. The number of para-hydroxylation sites is 6. The average molecular weight is 1390 g/mol. The second-order valence-corrected chi connectivity index (χ2v) is 27.9. The number of ether oxygens (including phenoxy) is 2. The molecule has 3 aliphatic rings. The molecular weight excluding hydrogens is 1320 g/mol. The van der Waals surface area contributed by atoms with E-state index in [4.69, 9.17) is 18.6 Å². The van der Waals surface area contributed by atoms with Gasteiger partial charge in [0, 0.05) is 93.3 Å². The molecule has 11 aromatic carbocycles. The average Bonchev–Trinajstić information content (AvgIpc) is 1.48. The second kappa shape index (κ2) is 22.2. The molecule has 0 saturated heterocycles. The van der Waals surface area contributed by atoms with Crippen molar-refractivity contribution in [3.63, 3.8) is 0 Å². The third-order valence-electron chi connectivity index (χ3n) is 19.0. The van der Waals surface area contributed by atoms with Crippen LogP contribution in [0, 0.1) is 25.7 Å². The van der Waals surface area contributed by atoms with Crippen LogP contribution in [0.5, 0.6) is 23.0 Å². The van der Waals surface area contributed by atoms with E-state index in [0.717, 1.165) is 95.0 Å². The minimum absolute atomic E-state index is 0. The molecule has 16 rings (SSSR count). The number of hydrogen-bond acceptors (Lipinski definition) is 5. The van der Waals surface area contributed by atoms with Crippen LogP contribution in [0.25, 0.3) is 72.1 Å². The Morgan fingerprint density at radius 1 is 0.462 bits per heavy atom. The van der Waals surface area contributed by atoms with E-state index in [0.29, 0.717) is 28.4 Å². The Hall–Kier alpha value is -9.74. The van der Waals surface area contributed by atoms with Gasteiger partial charge in [-0.25, -0.2) is 4.98 Å². The van der Waals surface area contributed by atoms with E-state index in [2.05, 4.69) is 267 Å². The minimum atomic E-state index is -2.43. The molecule has 1 aliphatic carbocycles. The van der Waals surface area contributed by atoms with Crippen LogP contribution in [0.15, 0.2) is 243 Å². The van der Waals surface area contributed by atoms with Crippen LogP contribution in [-0.2, 0) is 42.7 Å². The number of fused-ring (bicyclic) bond motifs is 13. The summed E-state index contributed by atoms with van der Waals surface area (Å²) in [5, 5.41) is 1.91. The van der Waals surface area contributed by atoms with Gasteiger partial charge in [-0.2, -0.15) is 12.1 Å². The number of rotatable bonds is 8. The summed E-state index contributed by atoms with van der Waals surface area (Å²) < 4.78 is 42.1. The maximum absolute atomic E-state index is 8.83. The number of hydrogen-bond donors (Lipinski definition) is 0. The van der Waals surface area contributed by atoms with E-state index >= 15 is 0 Å². The Morgan fingerprint density at radius 3 is 1.76 bits per heavy atom. The summed E-state index contributed by atoms with van der Waals surface area (Å²) in [5.41, 5.74) is 21.1. The Bertz CT molecular complexity index is 5200. The number of aromatic nitrogens is 2. The van der Waals surface area contributed by atoms with Gasteiger partial charge in [0.05, 0.1) is 5.41 Å². The Morgan fingerprint density at radius 2 is 1.04 bits per heavy atom. The van der Waals surface area contributed by atoms with Crippen molar-refractivity contribution in [3.8, 4) is 73.3 Å². The van der Waals surface area contributed by atoms with Gasteiger partial charge in [0.25, 0.3) is 0 Å². The van der Waals surface area contributed by atoms with Crippen molar-refractivity contribution in [1.29, 1.82) is 0 Å². The number of aryl methyl sites for hydroxylation is 1. The fourth-order valence-corrected chi connectivity index (χ4v) is 14.3. The Kier molecular flexibility index (Phi) is 13.4. The zero-order valence-electron chi connectivity index (χ0n) is 56.6. The normalized spacial score (nSPS) is 14.3. The summed E-state index contributed by atoms with van der Waals surface area (Å²) in [7, 11) is 0. The van der Waals surface area contributed by atoms with Crippen molar-refractivity contribution < 1.29 is 34.7 Å². The molecule has 2 aliphatic heterocycles. The molecule has 0 fully saturated rings. The standard InChI is InChI=1S/C86H71N4O2.Pt/c1-54-44-81(87-52-70(54)55-24-21-25-58(45-55)83(2,3)4)90-75-35-16-12-29-68(75)69-43-41-63(51-78(69)90)91-62-27-22-26-61(50-62)88-53-89(77-37-18-17-36-76(77)88)82-64(30-23-31-65(82)57-46-59(84(5,6)7)49-60(47-57)85(8,9)10)56-40-42-67-66-28-11-13-32-71(66)86(74(67)48-56)72-33-14-19-38-79(72)92-80-39-20-15-34-73(80)86;/h11-49,52-53H,1-10H3;/q-3;/i1D3;. The SMILES string of the molecule is [2H]C([2H])([2H])c1cc(-n2c3[c-]c(Oc4[c-]c(N5[CH-]N(c6c(-c7cc(C(C)(C)C)cc(C(C)(C)C)c7)cccc6-c6ccc7c(c6)C6(c8ccccc8Oc8ccccc86)c6ccccc6-7)c6ccccc65)ccc4)ccc3c3ccccc32)ncc1-c1cccc(C(C)(C)C)c1.[Pt]. The molecule has 0 bridgehead atoms. The van der Waals surface area contributed by atoms with Crippen LogP contribution in [0.1, 0.15) is 111 Å². The molecule has 0 unspecified atom stereocenters. The molecule has 7 heteroatoms. The summed E-state index contributed by atoms with van der Waals surface area (Å²) in [5.74, 6) is 3.14. The van der Waals surface area contributed by atoms with E-state index in [-0.39, 0.29) is 42.9 Å². The minimum Gasteiger partial charge on any atom is -0.509 e. The summed E-state index contributed by atoms with van der Waals surface area (Å²) in [6.07, 6.45) is 1.70. The zero-order valence-corrected chi connectivity index (χ0v) is 55.9. The van der Waals surface area contributed by atoms with E-state index in [9.17, 15) is 0 Å². The van der Waals surface area contributed by atoms with Gasteiger partial charge in [-0.3, -0.25) is 0 Å². The van der Waals surface area contributed by atoms with Crippen molar-refractivity contribution in [2.24, 2.45) is 0 Å². The first kappa shape index (κ1) is 56.0. The van der Waals surface area contributed by atoms with Gasteiger partial charge < -0.3 is 23.8 Å². The van der Waals surface area contributed by atoms with Gasteiger partial charge in [-0.15, -0.1) is 48.1 Å². The van der Waals surface area contributed by atoms with Crippen LogP contribution in [-0.4, -0.2) is 9.55 Å². The van der Waals surface area contributed by atoms with Gasteiger partial charge in [-0.05, 0) is 132 Å². The van der Waals surface area contributed by atoms with Crippen molar-refractivity contribution in [2.75, 3.05) is 9.80 Å². The van der Waals surface area contributed by atoms with E-state index in [1.807, 2.05) is 59.2 Å². The van der Waals surface area contributed by atoms with Crippen LogP contribution >= 0.6 is 0 Å². The molecule has 1 spiro atoms. The largest absolute Gasteiger partial charge is 0.509 e. The molecule has 0 amide bonds. The molecule has 2 aromatic heterocycles. The molecular formula is C86H71N4O2Pt-3. The van der Waals surface area contributed by atoms with E-state index < -0.39 is 12.3 Å². The zero-order chi connectivity index (χ0) is 65.5. The van der Waals surface area contributed by atoms with Crippen LogP contribution in [0.2, 0.25) is 0 Å². The number of benzene rings is 11. The molecule has 0 N–H and O–H groups in total. The third-order valence-corrected chi connectivity index (χ3v) is 19.0. The summed E-state index contributed by atoms with van der Waals surface area (Å²) in [4.78, 5) is 9.62. The van der Waals surface area contributed by atoms with E-state index in [1.54, 1.807) is 12.3 Å². The Balaban J connectivity index is 0.00000756.